The van der Waals surface area contributed by atoms with E-state index in [1.807, 2.05) is 92.4 Å². The van der Waals surface area contributed by atoms with E-state index in [1.54, 1.807) is 0 Å². The Morgan fingerprint density at radius 1 is 1.00 bits per heavy atom. The van der Waals surface area contributed by atoms with Crippen LogP contribution in [0, 0.1) is 20.8 Å². The summed E-state index contributed by atoms with van der Waals surface area (Å²) in [6.45, 7) is 7.14. The number of anilines is 1. The summed E-state index contributed by atoms with van der Waals surface area (Å²) in [5, 5.41) is 10.9. The van der Waals surface area contributed by atoms with Gasteiger partial charge in [0.25, 0.3) is 0 Å². The quantitative estimate of drug-likeness (QED) is 0.417. The van der Waals surface area contributed by atoms with E-state index in [1.165, 1.54) is 0 Å². The SMILES string of the molecule is Cc1ccc(N2C[C@H](c3nc4ccccc4n3C[C@H](O)COc3c(C)cccc3C)CC2=O)cc1. The first-order chi connectivity index (χ1) is 16.9. The van der Waals surface area contributed by atoms with Crippen LogP contribution in [0.25, 0.3) is 11.0 Å². The van der Waals surface area contributed by atoms with E-state index in [0.29, 0.717) is 19.5 Å². The first-order valence-electron chi connectivity index (χ1n) is 12.1. The Kier molecular flexibility index (Phi) is 6.31. The lowest BCUT2D eigenvalue weighted by Gasteiger charge is -2.20. The van der Waals surface area contributed by atoms with Crippen LogP contribution >= 0.6 is 0 Å². The minimum Gasteiger partial charge on any atom is -0.490 e. The number of aryl methyl sites for hydroxylation is 3. The number of hydrogen-bond donors (Lipinski definition) is 1. The molecule has 0 bridgehead atoms. The van der Waals surface area contributed by atoms with Crippen LogP contribution in [0.15, 0.2) is 66.7 Å². The van der Waals surface area contributed by atoms with Crippen molar-refractivity contribution in [2.45, 2.75) is 45.8 Å². The van der Waals surface area contributed by atoms with Gasteiger partial charge in [-0.05, 0) is 56.2 Å². The van der Waals surface area contributed by atoms with Crippen LogP contribution in [-0.4, -0.2) is 39.8 Å². The number of benzene rings is 3. The number of hydrogen-bond acceptors (Lipinski definition) is 4. The van der Waals surface area contributed by atoms with E-state index in [9.17, 15) is 9.90 Å². The molecule has 6 heteroatoms. The Hall–Kier alpha value is -3.64. The third kappa shape index (κ3) is 4.66. The second-order valence-electron chi connectivity index (χ2n) is 9.50. The van der Waals surface area contributed by atoms with Gasteiger partial charge in [-0.25, -0.2) is 4.98 Å². The van der Waals surface area contributed by atoms with Crippen molar-refractivity contribution >= 4 is 22.6 Å². The van der Waals surface area contributed by atoms with Crippen LogP contribution in [0.5, 0.6) is 5.75 Å². The predicted octanol–water partition coefficient (Wildman–Crippen LogP) is 4.92. The van der Waals surface area contributed by atoms with Gasteiger partial charge in [-0.3, -0.25) is 4.79 Å². The zero-order valence-corrected chi connectivity index (χ0v) is 20.4. The van der Waals surface area contributed by atoms with Crippen LogP contribution in [0.2, 0.25) is 0 Å². The van der Waals surface area contributed by atoms with Crippen LogP contribution in [-0.2, 0) is 11.3 Å². The molecule has 1 aromatic heterocycles. The summed E-state index contributed by atoms with van der Waals surface area (Å²) in [5.74, 6) is 1.69. The number of fused-ring (bicyclic) bond motifs is 1. The normalized spacial score (nSPS) is 16.7. The monoisotopic (exact) mass is 469 g/mol. The molecule has 3 aromatic carbocycles. The van der Waals surface area contributed by atoms with Crippen LogP contribution in [0.4, 0.5) is 5.69 Å². The number of carbonyl (C=O) groups is 1. The molecule has 1 saturated heterocycles. The first-order valence-corrected chi connectivity index (χ1v) is 12.1. The second kappa shape index (κ2) is 9.55. The van der Waals surface area contributed by atoms with Gasteiger partial charge in [-0.1, -0.05) is 48.0 Å². The molecule has 1 amide bonds. The summed E-state index contributed by atoms with van der Waals surface area (Å²) < 4.78 is 8.07. The van der Waals surface area contributed by atoms with Gasteiger partial charge in [0.15, 0.2) is 0 Å². The minimum absolute atomic E-state index is 0.0528. The molecule has 6 nitrogen and oxygen atoms in total. The standard InChI is InChI=1S/C29H31N3O3/c1-19-11-13-23(14-12-19)31-16-22(15-27(31)34)29-30-25-9-4-5-10-26(25)32(29)17-24(33)18-35-28-20(2)7-6-8-21(28)3/h4-14,22,24,33H,15-18H2,1-3H3/t22-,24+/m1/s1. The van der Waals surface area contributed by atoms with Crippen LogP contribution < -0.4 is 9.64 Å². The molecule has 0 aliphatic carbocycles. The summed E-state index contributed by atoms with van der Waals surface area (Å²) in [5.41, 5.74) is 5.99. The second-order valence-corrected chi connectivity index (χ2v) is 9.50. The summed E-state index contributed by atoms with van der Waals surface area (Å²) in [4.78, 5) is 19.7. The van der Waals surface area contributed by atoms with E-state index in [4.69, 9.17) is 9.72 Å². The average molecular weight is 470 g/mol. The fraction of sp³-hybridized carbons (Fsp3) is 0.310. The summed E-state index contributed by atoms with van der Waals surface area (Å²) >= 11 is 0. The van der Waals surface area contributed by atoms with Crippen molar-refractivity contribution in [3.05, 3.63) is 89.2 Å². The summed E-state index contributed by atoms with van der Waals surface area (Å²) in [6.07, 6.45) is -0.331. The molecule has 2 heterocycles. The van der Waals surface area contributed by atoms with Gasteiger partial charge < -0.3 is 19.3 Å². The summed E-state index contributed by atoms with van der Waals surface area (Å²) in [7, 11) is 0. The highest BCUT2D eigenvalue weighted by Gasteiger charge is 2.35. The number of aliphatic hydroxyl groups is 1. The molecular weight excluding hydrogens is 438 g/mol. The molecule has 0 spiro atoms. The van der Waals surface area contributed by atoms with Crippen molar-refractivity contribution in [3.63, 3.8) is 0 Å². The maximum Gasteiger partial charge on any atom is 0.227 e. The number of amides is 1. The third-order valence-corrected chi connectivity index (χ3v) is 6.74. The number of imidazole rings is 1. The van der Waals surface area contributed by atoms with Gasteiger partial charge >= 0.3 is 0 Å². The molecule has 0 radical (unpaired) electrons. The number of carbonyl (C=O) groups excluding carboxylic acids is 1. The van der Waals surface area contributed by atoms with Crippen molar-refractivity contribution < 1.29 is 14.6 Å². The third-order valence-electron chi connectivity index (χ3n) is 6.74. The highest BCUT2D eigenvalue weighted by Crippen LogP contribution is 2.33. The van der Waals surface area contributed by atoms with E-state index < -0.39 is 6.10 Å². The van der Waals surface area contributed by atoms with Crippen LogP contribution in [0.3, 0.4) is 0 Å². The van der Waals surface area contributed by atoms with Crippen molar-refractivity contribution in [2.24, 2.45) is 0 Å². The first kappa shape index (κ1) is 23.1. The largest absolute Gasteiger partial charge is 0.490 e. The number of para-hydroxylation sites is 3. The fourth-order valence-corrected chi connectivity index (χ4v) is 4.92. The molecule has 4 aromatic rings. The van der Waals surface area contributed by atoms with E-state index in [0.717, 1.165) is 45.0 Å². The number of aromatic nitrogens is 2. The Balaban J connectivity index is 1.39. The van der Waals surface area contributed by atoms with Crippen molar-refractivity contribution in [2.75, 3.05) is 18.1 Å². The van der Waals surface area contributed by atoms with E-state index in [2.05, 4.69) is 4.57 Å². The van der Waals surface area contributed by atoms with Crippen molar-refractivity contribution in [1.29, 1.82) is 0 Å². The predicted molar refractivity (Wildman–Crippen MR) is 138 cm³/mol. The maximum atomic E-state index is 12.9. The topological polar surface area (TPSA) is 67.6 Å². The molecule has 2 atom stereocenters. The number of nitrogens with zero attached hydrogens (tertiary/aromatic N) is 3. The lowest BCUT2D eigenvalue weighted by Crippen LogP contribution is -2.26. The van der Waals surface area contributed by atoms with Gasteiger partial charge in [0.2, 0.25) is 5.91 Å². The van der Waals surface area contributed by atoms with Gasteiger partial charge in [-0.15, -0.1) is 0 Å². The molecule has 5 rings (SSSR count). The highest BCUT2D eigenvalue weighted by atomic mass is 16.5. The molecule has 0 unspecified atom stereocenters. The number of rotatable bonds is 7. The van der Waals surface area contributed by atoms with Gasteiger partial charge in [0.1, 0.15) is 24.3 Å². The van der Waals surface area contributed by atoms with E-state index in [-0.39, 0.29) is 18.4 Å². The zero-order valence-electron chi connectivity index (χ0n) is 20.4. The number of aliphatic hydroxyl groups excluding tert-OH is 1. The van der Waals surface area contributed by atoms with Gasteiger partial charge in [-0.2, -0.15) is 0 Å². The lowest BCUT2D eigenvalue weighted by molar-refractivity contribution is -0.117. The zero-order chi connectivity index (χ0) is 24.5. The lowest BCUT2D eigenvalue weighted by atomic mass is 10.1. The Labute approximate surface area is 205 Å². The van der Waals surface area contributed by atoms with Crippen molar-refractivity contribution in [3.8, 4) is 5.75 Å². The average Bonchev–Trinajstić information content (AvgIpc) is 3.40. The fourth-order valence-electron chi connectivity index (χ4n) is 4.92. The molecule has 0 saturated carbocycles. The van der Waals surface area contributed by atoms with Crippen LogP contribution in [0.1, 0.15) is 34.9 Å². The highest BCUT2D eigenvalue weighted by molar-refractivity contribution is 5.96. The maximum absolute atomic E-state index is 12.9. The molecule has 1 fully saturated rings. The van der Waals surface area contributed by atoms with Crippen molar-refractivity contribution in [1.82, 2.24) is 9.55 Å². The molecule has 180 valence electrons. The van der Waals surface area contributed by atoms with Gasteiger partial charge in [0.05, 0.1) is 17.6 Å². The molecule has 1 aliphatic heterocycles. The number of ether oxygens (including phenoxy) is 1. The van der Waals surface area contributed by atoms with Gasteiger partial charge in [0, 0.05) is 24.6 Å². The molecule has 1 aliphatic rings. The minimum atomic E-state index is -0.726. The Morgan fingerprint density at radius 2 is 1.71 bits per heavy atom. The molecular formula is C29H31N3O3. The van der Waals surface area contributed by atoms with E-state index >= 15 is 0 Å². The smallest absolute Gasteiger partial charge is 0.227 e. The molecule has 35 heavy (non-hydrogen) atoms. The molecule has 1 N–H and O–H groups in total. The Morgan fingerprint density at radius 3 is 2.46 bits per heavy atom. The Bertz CT molecular complexity index is 1340. The summed E-state index contributed by atoms with van der Waals surface area (Å²) in [6, 6.07) is 22.0.